The first-order valence-electron chi connectivity index (χ1n) is 12.5. The maximum absolute atomic E-state index is 13.4. The zero-order chi connectivity index (χ0) is 25.9. The fourth-order valence-electron chi connectivity index (χ4n) is 4.58. The van der Waals surface area contributed by atoms with E-state index < -0.39 is 5.97 Å². The van der Waals surface area contributed by atoms with Crippen molar-refractivity contribution in [1.29, 1.82) is 0 Å². The number of oxime groups is 1. The summed E-state index contributed by atoms with van der Waals surface area (Å²) in [6, 6.07) is 20.8. The monoisotopic (exact) mass is 528 g/mol. The summed E-state index contributed by atoms with van der Waals surface area (Å²) >= 11 is 3.59. The van der Waals surface area contributed by atoms with Crippen LogP contribution in [0.5, 0.6) is 0 Å². The first kappa shape index (κ1) is 25.4. The van der Waals surface area contributed by atoms with Crippen LogP contribution in [0.3, 0.4) is 0 Å². The summed E-state index contributed by atoms with van der Waals surface area (Å²) in [5.41, 5.74) is 4.17. The number of Topliss-reactive ketones (excluding diaryl/α,β-unsaturated/α-hetero) is 1. The van der Waals surface area contributed by atoms with Crippen molar-refractivity contribution < 1.29 is 14.4 Å². The molecular weight excluding hydrogens is 500 g/mol. The van der Waals surface area contributed by atoms with Gasteiger partial charge >= 0.3 is 5.97 Å². The van der Waals surface area contributed by atoms with E-state index >= 15 is 0 Å². The molecule has 1 aliphatic rings. The number of aryl methyl sites for hydroxylation is 1. The highest BCUT2D eigenvalue weighted by molar-refractivity contribution is 8.24. The van der Waals surface area contributed by atoms with E-state index in [-0.39, 0.29) is 11.5 Å². The molecule has 5 rings (SSSR count). The van der Waals surface area contributed by atoms with Crippen LogP contribution in [0.25, 0.3) is 27.9 Å². The molecule has 1 aliphatic heterocycles. The highest BCUT2D eigenvalue weighted by Gasteiger charge is 2.19. The Labute approximate surface area is 224 Å². The van der Waals surface area contributed by atoms with Crippen LogP contribution in [-0.2, 0) is 16.2 Å². The molecule has 0 spiro atoms. The zero-order valence-electron chi connectivity index (χ0n) is 21.1. The minimum Gasteiger partial charge on any atom is -0.341 e. The molecule has 0 saturated carbocycles. The lowest BCUT2D eigenvalue weighted by atomic mass is 10.0. The average Bonchev–Trinajstić information content (AvgIpc) is 3.45. The van der Waals surface area contributed by atoms with E-state index in [9.17, 15) is 9.59 Å². The smallest absolute Gasteiger partial charge is 0.331 e. The van der Waals surface area contributed by atoms with Gasteiger partial charge in [0, 0.05) is 50.6 Å². The summed E-state index contributed by atoms with van der Waals surface area (Å²) in [5, 5.41) is 6.03. The highest BCUT2D eigenvalue weighted by Crippen LogP contribution is 2.51. The van der Waals surface area contributed by atoms with Crippen molar-refractivity contribution in [2.24, 2.45) is 5.16 Å². The number of ketones is 1. The van der Waals surface area contributed by atoms with Crippen molar-refractivity contribution in [3.05, 3.63) is 76.0 Å². The molecule has 4 aromatic rings. The molecule has 0 radical (unpaired) electrons. The van der Waals surface area contributed by atoms with Gasteiger partial charge in [0.15, 0.2) is 0 Å². The van der Waals surface area contributed by atoms with Crippen LogP contribution in [0.1, 0.15) is 56.0 Å². The van der Waals surface area contributed by atoms with Crippen LogP contribution >= 0.6 is 23.5 Å². The lowest BCUT2D eigenvalue weighted by Gasteiger charge is -2.06. The number of fused-ring (bicyclic) bond motifs is 4. The third kappa shape index (κ3) is 5.24. The summed E-state index contributed by atoms with van der Waals surface area (Å²) in [7, 11) is 0. The SMILES string of the molecule is CCCCC(=NOC(C)=O)C(=O)c1ccc2c(c1)c1cc(C=C3Sc4ccccc4S3)ccc1n2CC. The first-order chi connectivity index (χ1) is 18.0. The van der Waals surface area contributed by atoms with E-state index in [1.54, 1.807) is 23.5 Å². The maximum Gasteiger partial charge on any atom is 0.331 e. The second-order valence-electron chi connectivity index (χ2n) is 8.92. The van der Waals surface area contributed by atoms with E-state index in [4.69, 9.17) is 4.84 Å². The zero-order valence-corrected chi connectivity index (χ0v) is 22.7. The molecule has 0 aliphatic carbocycles. The van der Waals surface area contributed by atoms with Gasteiger partial charge in [-0.05, 0) is 73.9 Å². The predicted octanol–water partition coefficient (Wildman–Crippen LogP) is 8.30. The number of hydrogen-bond donors (Lipinski definition) is 0. The summed E-state index contributed by atoms with van der Waals surface area (Å²) in [5.74, 6) is -0.740. The molecule has 0 atom stereocenters. The number of benzene rings is 3. The number of aromatic nitrogens is 1. The van der Waals surface area contributed by atoms with Crippen LogP contribution in [0, 0.1) is 0 Å². The summed E-state index contributed by atoms with van der Waals surface area (Å²) in [6.45, 7) is 6.29. The fourth-order valence-corrected chi connectivity index (χ4v) is 6.98. The van der Waals surface area contributed by atoms with Gasteiger partial charge in [0.2, 0.25) is 5.78 Å². The van der Waals surface area contributed by atoms with Crippen molar-refractivity contribution in [3.63, 3.8) is 0 Å². The van der Waals surface area contributed by atoms with Gasteiger partial charge in [-0.1, -0.05) is 60.2 Å². The number of thioether (sulfide) groups is 2. The Hall–Kier alpha value is -3.29. The van der Waals surface area contributed by atoms with Gasteiger partial charge < -0.3 is 9.40 Å². The van der Waals surface area contributed by atoms with Crippen LogP contribution < -0.4 is 0 Å². The minimum absolute atomic E-state index is 0.205. The van der Waals surface area contributed by atoms with E-state index in [1.807, 2.05) is 25.1 Å². The molecule has 1 aromatic heterocycles. The largest absolute Gasteiger partial charge is 0.341 e. The van der Waals surface area contributed by atoms with Crippen LogP contribution in [0.2, 0.25) is 0 Å². The highest BCUT2D eigenvalue weighted by atomic mass is 32.2. The predicted molar refractivity (Wildman–Crippen MR) is 154 cm³/mol. The number of nitrogens with zero attached hydrogens (tertiary/aromatic N) is 2. The van der Waals surface area contributed by atoms with E-state index in [2.05, 4.69) is 65.2 Å². The fraction of sp³-hybridized carbons (Fsp3) is 0.233. The molecule has 0 N–H and O–H groups in total. The molecular formula is C30H28N2O3S2. The van der Waals surface area contributed by atoms with Gasteiger partial charge in [-0.15, -0.1) is 0 Å². The van der Waals surface area contributed by atoms with Crippen molar-refractivity contribution in [1.82, 2.24) is 4.57 Å². The van der Waals surface area contributed by atoms with Gasteiger partial charge in [0.1, 0.15) is 5.71 Å². The molecule has 0 fully saturated rings. The molecule has 2 heterocycles. The number of rotatable bonds is 8. The first-order valence-corrected chi connectivity index (χ1v) is 14.1. The average molecular weight is 529 g/mol. The maximum atomic E-state index is 13.4. The van der Waals surface area contributed by atoms with Gasteiger partial charge in [-0.25, -0.2) is 4.79 Å². The van der Waals surface area contributed by atoms with Crippen LogP contribution in [0.4, 0.5) is 0 Å². The minimum atomic E-state index is -0.536. The third-order valence-corrected chi connectivity index (χ3v) is 8.75. The number of carbonyl (C=O) groups excluding carboxylic acids is 2. The summed E-state index contributed by atoms with van der Waals surface area (Å²) in [4.78, 5) is 32.1. The lowest BCUT2D eigenvalue weighted by molar-refractivity contribution is -0.140. The Kier molecular flexibility index (Phi) is 7.53. The summed E-state index contributed by atoms with van der Waals surface area (Å²) < 4.78 is 3.52. The summed E-state index contributed by atoms with van der Waals surface area (Å²) in [6.07, 6.45) is 4.40. The molecule has 0 amide bonds. The molecule has 0 saturated heterocycles. The van der Waals surface area contributed by atoms with Crippen LogP contribution in [-0.4, -0.2) is 22.0 Å². The van der Waals surface area contributed by atoms with Crippen molar-refractivity contribution >= 4 is 68.9 Å². The topological polar surface area (TPSA) is 60.7 Å². The normalized spacial score (nSPS) is 13.3. The van der Waals surface area contributed by atoms with Gasteiger partial charge in [-0.2, -0.15) is 0 Å². The number of hydrogen-bond acceptors (Lipinski definition) is 6. The van der Waals surface area contributed by atoms with Crippen molar-refractivity contribution in [3.8, 4) is 0 Å². The van der Waals surface area contributed by atoms with Crippen LogP contribution in [0.15, 0.2) is 79.8 Å². The molecule has 3 aromatic carbocycles. The molecule has 0 bridgehead atoms. The molecule has 188 valence electrons. The Morgan fingerprint density at radius 1 is 0.946 bits per heavy atom. The van der Waals surface area contributed by atoms with Gasteiger partial charge in [0.25, 0.3) is 0 Å². The lowest BCUT2D eigenvalue weighted by Crippen LogP contribution is -2.15. The van der Waals surface area contributed by atoms with Gasteiger partial charge in [-0.3, -0.25) is 4.79 Å². The van der Waals surface area contributed by atoms with E-state index in [0.29, 0.717) is 12.0 Å². The standard InChI is InChI=1S/C30H28N2O3S2/c1-4-6-9-24(31-35-19(3)33)30(34)21-13-15-26-23(18-21)22-16-20(12-14-25(22)32(26)5-2)17-29-36-27-10-7-8-11-28(27)37-29/h7-8,10-18H,4-6,9H2,1-3H3. The number of unbranched alkanes of at least 4 members (excludes halogenated alkanes) is 1. The Morgan fingerprint density at radius 3 is 2.27 bits per heavy atom. The van der Waals surface area contributed by atoms with E-state index in [1.165, 1.54) is 21.0 Å². The Balaban J connectivity index is 1.55. The second-order valence-corrected chi connectivity index (χ2v) is 11.3. The molecule has 7 heteroatoms. The van der Waals surface area contributed by atoms with Crippen molar-refractivity contribution in [2.45, 2.75) is 56.4 Å². The molecule has 0 unspecified atom stereocenters. The van der Waals surface area contributed by atoms with Crippen molar-refractivity contribution in [2.75, 3.05) is 0 Å². The van der Waals surface area contributed by atoms with E-state index in [0.717, 1.165) is 46.8 Å². The second kappa shape index (κ2) is 11.0. The Bertz CT molecular complexity index is 1560. The third-order valence-electron chi connectivity index (χ3n) is 6.34. The quantitative estimate of drug-likeness (QED) is 0.0996. The van der Waals surface area contributed by atoms with Gasteiger partial charge in [0.05, 0.1) is 4.24 Å². The number of carbonyl (C=O) groups is 2. The molecule has 37 heavy (non-hydrogen) atoms. The Morgan fingerprint density at radius 2 is 1.62 bits per heavy atom. The molecule has 5 nitrogen and oxygen atoms in total.